The van der Waals surface area contributed by atoms with Gasteiger partial charge in [-0.05, 0) is 18.8 Å². The van der Waals surface area contributed by atoms with Gasteiger partial charge in [-0.25, -0.2) is 14.8 Å². The van der Waals surface area contributed by atoms with E-state index in [2.05, 4.69) is 16.9 Å². The molecule has 0 atom stereocenters. The lowest BCUT2D eigenvalue weighted by Crippen LogP contribution is -2.34. The Bertz CT molecular complexity index is 431. The molecule has 1 N–H and O–H groups in total. The molecular formula is C11H14ClN3O2. The summed E-state index contributed by atoms with van der Waals surface area (Å²) in [4.78, 5) is 21.0. The van der Waals surface area contributed by atoms with Crippen LogP contribution in [0.2, 0.25) is 5.02 Å². The second-order valence-electron chi connectivity index (χ2n) is 4.34. The lowest BCUT2D eigenvalue weighted by molar-refractivity contribution is 0.0690. The summed E-state index contributed by atoms with van der Waals surface area (Å²) < 4.78 is 0. The third-order valence-electron chi connectivity index (χ3n) is 3.00. The van der Waals surface area contributed by atoms with Gasteiger partial charge in [-0.1, -0.05) is 18.5 Å². The Morgan fingerprint density at radius 1 is 1.53 bits per heavy atom. The number of aromatic nitrogens is 2. The lowest BCUT2D eigenvalue weighted by atomic mass is 10.00. The van der Waals surface area contributed by atoms with E-state index >= 15 is 0 Å². The highest BCUT2D eigenvalue weighted by Crippen LogP contribution is 2.22. The van der Waals surface area contributed by atoms with E-state index in [4.69, 9.17) is 16.7 Å². The van der Waals surface area contributed by atoms with Crippen LogP contribution >= 0.6 is 11.6 Å². The summed E-state index contributed by atoms with van der Waals surface area (Å²) in [6.07, 6.45) is 3.51. The summed E-state index contributed by atoms with van der Waals surface area (Å²) in [6.45, 7) is 3.94. The molecule has 1 saturated heterocycles. The minimum atomic E-state index is -1.12. The first-order chi connectivity index (χ1) is 8.08. The number of rotatable bonds is 2. The van der Waals surface area contributed by atoms with Crippen LogP contribution < -0.4 is 4.90 Å². The molecular weight excluding hydrogens is 242 g/mol. The normalized spacial score (nSPS) is 17.2. The first kappa shape index (κ1) is 12.1. The van der Waals surface area contributed by atoms with E-state index in [9.17, 15) is 4.79 Å². The van der Waals surface area contributed by atoms with Crippen molar-refractivity contribution in [3.8, 4) is 0 Å². The molecule has 1 fully saturated rings. The van der Waals surface area contributed by atoms with Gasteiger partial charge >= 0.3 is 5.97 Å². The smallest absolute Gasteiger partial charge is 0.356 e. The first-order valence-electron chi connectivity index (χ1n) is 5.58. The fourth-order valence-electron chi connectivity index (χ4n) is 1.87. The van der Waals surface area contributed by atoms with Gasteiger partial charge in [-0.15, -0.1) is 0 Å². The molecule has 0 radical (unpaired) electrons. The van der Waals surface area contributed by atoms with Crippen LogP contribution in [0.3, 0.4) is 0 Å². The zero-order chi connectivity index (χ0) is 12.4. The molecule has 0 unspecified atom stereocenters. The van der Waals surface area contributed by atoms with Gasteiger partial charge in [0.1, 0.15) is 0 Å². The van der Waals surface area contributed by atoms with Crippen LogP contribution in [0, 0.1) is 5.92 Å². The van der Waals surface area contributed by atoms with Crippen molar-refractivity contribution >= 4 is 23.5 Å². The zero-order valence-corrected chi connectivity index (χ0v) is 10.3. The molecule has 0 amide bonds. The maximum absolute atomic E-state index is 10.9. The van der Waals surface area contributed by atoms with Gasteiger partial charge in [0, 0.05) is 13.1 Å². The maximum atomic E-state index is 10.9. The number of halogens is 1. The third kappa shape index (κ3) is 2.66. The summed E-state index contributed by atoms with van der Waals surface area (Å²) in [5.74, 6) is 0.0419. The number of piperidine rings is 1. The molecule has 0 saturated carbocycles. The molecule has 2 rings (SSSR count). The van der Waals surface area contributed by atoms with Crippen LogP contribution in [0.4, 0.5) is 5.95 Å². The number of nitrogens with zero attached hydrogens (tertiary/aromatic N) is 3. The van der Waals surface area contributed by atoms with Crippen molar-refractivity contribution in [3.05, 3.63) is 16.9 Å². The molecule has 2 heterocycles. The number of aromatic carboxylic acids is 1. The quantitative estimate of drug-likeness (QED) is 0.876. The maximum Gasteiger partial charge on any atom is 0.356 e. The van der Waals surface area contributed by atoms with E-state index < -0.39 is 5.97 Å². The fourth-order valence-corrected chi connectivity index (χ4v) is 2.04. The Morgan fingerprint density at radius 2 is 2.18 bits per heavy atom. The van der Waals surface area contributed by atoms with Crippen molar-refractivity contribution in [1.29, 1.82) is 0 Å². The Balaban J connectivity index is 2.21. The minimum Gasteiger partial charge on any atom is -0.476 e. The number of hydrogen-bond acceptors (Lipinski definition) is 4. The van der Waals surface area contributed by atoms with Crippen LogP contribution in [0.5, 0.6) is 0 Å². The van der Waals surface area contributed by atoms with E-state index in [0.29, 0.717) is 11.9 Å². The molecule has 1 aromatic heterocycles. The van der Waals surface area contributed by atoms with Crippen molar-refractivity contribution in [3.63, 3.8) is 0 Å². The van der Waals surface area contributed by atoms with Gasteiger partial charge in [0.2, 0.25) is 5.95 Å². The van der Waals surface area contributed by atoms with Crippen molar-refractivity contribution < 1.29 is 9.90 Å². The standard InChI is InChI=1S/C11H14ClN3O2/c1-7-2-4-15(5-3-7)11-13-6-8(12)9(14-11)10(16)17/h6-7H,2-5H2,1H3,(H,16,17). The summed E-state index contributed by atoms with van der Waals surface area (Å²) in [6, 6.07) is 0. The van der Waals surface area contributed by atoms with Gasteiger partial charge in [0.15, 0.2) is 5.69 Å². The van der Waals surface area contributed by atoms with Crippen LogP contribution in [0.1, 0.15) is 30.3 Å². The molecule has 0 spiro atoms. The van der Waals surface area contributed by atoms with Crippen LogP contribution in [-0.4, -0.2) is 34.1 Å². The van der Waals surface area contributed by atoms with Crippen molar-refractivity contribution in [2.24, 2.45) is 5.92 Å². The van der Waals surface area contributed by atoms with Crippen LogP contribution in [0.25, 0.3) is 0 Å². The van der Waals surface area contributed by atoms with E-state index in [1.54, 1.807) is 0 Å². The van der Waals surface area contributed by atoms with Crippen molar-refractivity contribution in [2.75, 3.05) is 18.0 Å². The summed E-state index contributed by atoms with van der Waals surface area (Å²) in [7, 11) is 0. The Kier molecular flexibility index (Phi) is 3.47. The average Bonchev–Trinajstić information content (AvgIpc) is 2.30. The predicted molar refractivity (Wildman–Crippen MR) is 64.6 cm³/mol. The number of carboxylic acids is 1. The molecule has 0 bridgehead atoms. The van der Waals surface area contributed by atoms with E-state index in [1.165, 1.54) is 6.20 Å². The van der Waals surface area contributed by atoms with Gasteiger partial charge in [0.25, 0.3) is 0 Å². The number of hydrogen-bond donors (Lipinski definition) is 1. The molecule has 92 valence electrons. The monoisotopic (exact) mass is 255 g/mol. The first-order valence-corrected chi connectivity index (χ1v) is 5.96. The molecule has 1 aliphatic heterocycles. The average molecular weight is 256 g/mol. The predicted octanol–water partition coefficient (Wildman–Crippen LogP) is 2.06. The number of carboxylic acid groups (broad SMARTS) is 1. The molecule has 1 aliphatic rings. The zero-order valence-electron chi connectivity index (χ0n) is 9.56. The largest absolute Gasteiger partial charge is 0.476 e. The molecule has 0 aromatic carbocycles. The highest BCUT2D eigenvalue weighted by molar-refractivity contribution is 6.33. The Morgan fingerprint density at radius 3 is 2.76 bits per heavy atom. The van der Waals surface area contributed by atoms with Crippen LogP contribution in [0.15, 0.2) is 6.20 Å². The third-order valence-corrected chi connectivity index (χ3v) is 3.28. The van der Waals surface area contributed by atoms with Gasteiger partial charge in [0.05, 0.1) is 11.2 Å². The number of anilines is 1. The lowest BCUT2D eigenvalue weighted by Gasteiger charge is -2.30. The van der Waals surface area contributed by atoms with Gasteiger partial charge in [-0.3, -0.25) is 0 Å². The summed E-state index contributed by atoms with van der Waals surface area (Å²) >= 11 is 5.73. The second-order valence-corrected chi connectivity index (χ2v) is 4.75. The van der Waals surface area contributed by atoms with E-state index in [0.717, 1.165) is 25.9 Å². The number of carbonyl (C=O) groups is 1. The molecule has 0 aliphatic carbocycles. The summed E-state index contributed by atoms with van der Waals surface area (Å²) in [5.41, 5.74) is -0.129. The minimum absolute atomic E-state index is 0.0756. The Labute approximate surface area is 104 Å². The van der Waals surface area contributed by atoms with Crippen molar-refractivity contribution in [2.45, 2.75) is 19.8 Å². The van der Waals surface area contributed by atoms with Crippen molar-refractivity contribution in [1.82, 2.24) is 9.97 Å². The van der Waals surface area contributed by atoms with Gasteiger partial charge in [-0.2, -0.15) is 0 Å². The van der Waals surface area contributed by atoms with E-state index in [1.807, 2.05) is 4.90 Å². The highest BCUT2D eigenvalue weighted by atomic mass is 35.5. The molecule has 17 heavy (non-hydrogen) atoms. The Hall–Kier alpha value is -1.36. The molecule has 1 aromatic rings. The summed E-state index contributed by atoms with van der Waals surface area (Å²) in [5, 5.41) is 9.01. The SMILES string of the molecule is CC1CCN(c2ncc(Cl)c(C(=O)O)n2)CC1. The highest BCUT2D eigenvalue weighted by Gasteiger charge is 2.20. The molecule has 6 heteroatoms. The second kappa shape index (κ2) is 4.87. The van der Waals surface area contributed by atoms with Gasteiger partial charge < -0.3 is 10.0 Å². The fraction of sp³-hybridized carbons (Fsp3) is 0.545. The van der Waals surface area contributed by atoms with Crippen LogP contribution in [-0.2, 0) is 0 Å². The molecule has 5 nitrogen and oxygen atoms in total. The topological polar surface area (TPSA) is 66.3 Å². The van der Waals surface area contributed by atoms with E-state index in [-0.39, 0.29) is 10.7 Å².